The zero-order valence-electron chi connectivity index (χ0n) is 10.9. The van der Waals surface area contributed by atoms with Gasteiger partial charge in [0.1, 0.15) is 0 Å². The van der Waals surface area contributed by atoms with Crippen molar-refractivity contribution in [3.63, 3.8) is 0 Å². The van der Waals surface area contributed by atoms with Crippen molar-refractivity contribution in [1.29, 1.82) is 0 Å². The van der Waals surface area contributed by atoms with Crippen LogP contribution in [0.1, 0.15) is 35.8 Å². The van der Waals surface area contributed by atoms with Crippen LogP contribution < -0.4 is 0 Å². The minimum atomic E-state index is -0.0770. The van der Waals surface area contributed by atoms with Crippen molar-refractivity contribution in [2.24, 2.45) is 0 Å². The summed E-state index contributed by atoms with van der Waals surface area (Å²) in [7, 11) is 0. The molecule has 98 valence electrons. The number of nitrogens with zero attached hydrogens (tertiary/aromatic N) is 2. The summed E-state index contributed by atoms with van der Waals surface area (Å²) < 4.78 is 1.76. The number of hydrogen-bond acceptors (Lipinski definition) is 2. The molecule has 0 radical (unpaired) electrons. The van der Waals surface area contributed by atoms with Gasteiger partial charge in [0.05, 0.1) is 11.8 Å². The van der Waals surface area contributed by atoms with Crippen LogP contribution in [0.15, 0.2) is 42.7 Å². The molecule has 0 saturated carbocycles. The van der Waals surface area contributed by atoms with Gasteiger partial charge in [0.25, 0.3) is 0 Å². The number of benzene rings is 1. The summed E-state index contributed by atoms with van der Waals surface area (Å²) in [6, 6.07) is 7.64. The van der Waals surface area contributed by atoms with Gasteiger partial charge in [-0.3, -0.25) is 9.48 Å². The van der Waals surface area contributed by atoms with Gasteiger partial charge < -0.3 is 0 Å². The zero-order valence-corrected chi connectivity index (χ0v) is 11.6. The predicted molar refractivity (Wildman–Crippen MR) is 77.4 cm³/mol. The third-order valence-corrected chi connectivity index (χ3v) is 3.08. The third kappa shape index (κ3) is 3.32. The van der Waals surface area contributed by atoms with Crippen molar-refractivity contribution in [3.05, 3.63) is 58.9 Å². The van der Waals surface area contributed by atoms with Crippen LogP contribution >= 0.6 is 11.6 Å². The van der Waals surface area contributed by atoms with E-state index in [1.165, 1.54) is 6.08 Å². The normalized spacial score (nSPS) is 11.4. The Kier molecular flexibility index (Phi) is 4.17. The van der Waals surface area contributed by atoms with Crippen molar-refractivity contribution >= 4 is 23.5 Å². The fourth-order valence-electron chi connectivity index (χ4n) is 1.62. The molecule has 0 amide bonds. The largest absolute Gasteiger partial charge is 0.289 e. The lowest BCUT2D eigenvalue weighted by atomic mass is 10.1. The first-order chi connectivity index (χ1) is 9.08. The van der Waals surface area contributed by atoms with Crippen molar-refractivity contribution in [2.45, 2.75) is 19.9 Å². The molecule has 0 saturated heterocycles. The van der Waals surface area contributed by atoms with E-state index in [0.717, 1.165) is 5.56 Å². The van der Waals surface area contributed by atoms with E-state index < -0.39 is 0 Å². The summed E-state index contributed by atoms with van der Waals surface area (Å²) in [6.45, 7) is 4.03. The van der Waals surface area contributed by atoms with Gasteiger partial charge in [0.15, 0.2) is 5.78 Å². The maximum atomic E-state index is 12.0. The first kappa shape index (κ1) is 13.6. The molecular formula is C15H15ClN2O. The van der Waals surface area contributed by atoms with E-state index in [9.17, 15) is 4.79 Å². The number of carbonyl (C=O) groups is 1. The first-order valence-corrected chi connectivity index (χ1v) is 6.47. The standard InChI is InChI=1S/C15H15ClN2O/c1-11(2)18-10-13(9-17-18)15(19)8-7-12-5-3-4-6-14(12)16/h3-11H,1-2H3. The molecule has 1 aromatic heterocycles. The molecule has 0 aliphatic carbocycles. The number of rotatable bonds is 4. The summed E-state index contributed by atoms with van der Waals surface area (Å²) in [5, 5.41) is 4.77. The van der Waals surface area contributed by atoms with Crippen molar-refractivity contribution in [2.75, 3.05) is 0 Å². The number of aromatic nitrogens is 2. The minimum absolute atomic E-state index is 0.0770. The van der Waals surface area contributed by atoms with Gasteiger partial charge in [-0.1, -0.05) is 29.8 Å². The SMILES string of the molecule is CC(C)n1cc(C(=O)C=Cc2ccccc2Cl)cn1. The first-order valence-electron chi connectivity index (χ1n) is 6.09. The van der Waals surface area contributed by atoms with E-state index in [2.05, 4.69) is 5.10 Å². The van der Waals surface area contributed by atoms with Crippen LogP contribution in [-0.2, 0) is 0 Å². The van der Waals surface area contributed by atoms with Crippen LogP contribution in [-0.4, -0.2) is 15.6 Å². The molecule has 3 nitrogen and oxygen atoms in total. The second-order valence-electron chi connectivity index (χ2n) is 4.52. The van der Waals surface area contributed by atoms with Gasteiger partial charge in [-0.25, -0.2) is 0 Å². The summed E-state index contributed by atoms with van der Waals surface area (Å²) in [5.74, 6) is -0.0770. The molecule has 0 bridgehead atoms. The molecule has 2 rings (SSSR count). The highest BCUT2D eigenvalue weighted by atomic mass is 35.5. The molecule has 1 aromatic carbocycles. The Balaban J connectivity index is 2.14. The zero-order chi connectivity index (χ0) is 13.8. The molecule has 4 heteroatoms. The Morgan fingerprint density at radius 1 is 1.37 bits per heavy atom. The fraction of sp³-hybridized carbons (Fsp3) is 0.200. The van der Waals surface area contributed by atoms with Gasteiger partial charge in [-0.15, -0.1) is 0 Å². The van der Waals surface area contributed by atoms with Gasteiger partial charge in [0.2, 0.25) is 0 Å². The lowest BCUT2D eigenvalue weighted by molar-refractivity contribution is 0.104. The quantitative estimate of drug-likeness (QED) is 0.624. The monoisotopic (exact) mass is 274 g/mol. The van der Waals surface area contributed by atoms with Gasteiger partial charge in [-0.05, 0) is 37.6 Å². The topological polar surface area (TPSA) is 34.9 Å². The van der Waals surface area contributed by atoms with Crippen LogP contribution in [0, 0.1) is 0 Å². The highest BCUT2D eigenvalue weighted by Crippen LogP contribution is 2.16. The molecule has 0 atom stereocenters. The summed E-state index contributed by atoms with van der Waals surface area (Å²) >= 11 is 6.02. The number of carbonyl (C=O) groups excluding carboxylic acids is 1. The van der Waals surface area contributed by atoms with E-state index in [1.54, 1.807) is 29.2 Å². The number of allylic oxidation sites excluding steroid dienone is 1. The lowest BCUT2D eigenvalue weighted by Crippen LogP contribution is -2.00. The van der Waals surface area contributed by atoms with Gasteiger partial charge in [-0.2, -0.15) is 5.10 Å². The average molecular weight is 275 g/mol. The summed E-state index contributed by atoms with van der Waals surface area (Å²) in [5.41, 5.74) is 1.41. The van der Waals surface area contributed by atoms with Crippen LogP contribution in [0.3, 0.4) is 0 Å². The maximum Gasteiger partial charge on any atom is 0.189 e. The Morgan fingerprint density at radius 2 is 2.11 bits per heavy atom. The van der Waals surface area contributed by atoms with Crippen molar-refractivity contribution in [3.8, 4) is 0 Å². The van der Waals surface area contributed by atoms with E-state index in [1.807, 2.05) is 32.0 Å². The lowest BCUT2D eigenvalue weighted by Gasteiger charge is -2.02. The Hall–Kier alpha value is -1.87. The number of ketones is 1. The summed E-state index contributed by atoms with van der Waals surface area (Å²) in [4.78, 5) is 12.0. The second kappa shape index (κ2) is 5.85. The molecule has 0 N–H and O–H groups in total. The number of halogens is 1. The third-order valence-electron chi connectivity index (χ3n) is 2.73. The van der Waals surface area contributed by atoms with Crippen LogP contribution in [0.5, 0.6) is 0 Å². The number of hydrogen-bond donors (Lipinski definition) is 0. The van der Waals surface area contributed by atoms with Crippen LogP contribution in [0.2, 0.25) is 5.02 Å². The smallest absolute Gasteiger partial charge is 0.189 e. The Morgan fingerprint density at radius 3 is 2.74 bits per heavy atom. The minimum Gasteiger partial charge on any atom is -0.289 e. The van der Waals surface area contributed by atoms with Crippen molar-refractivity contribution in [1.82, 2.24) is 9.78 Å². The van der Waals surface area contributed by atoms with Crippen molar-refractivity contribution < 1.29 is 4.79 Å². The van der Waals surface area contributed by atoms with E-state index in [4.69, 9.17) is 11.6 Å². The molecule has 0 aliphatic rings. The molecule has 0 unspecified atom stereocenters. The van der Waals surface area contributed by atoms with Crippen LogP contribution in [0.4, 0.5) is 0 Å². The highest BCUT2D eigenvalue weighted by molar-refractivity contribution is 6.32. The highest BCUT2D eigenvalue weighted by Gasteiger charge is 2.07. The van der Waals surface area contributed by atoms with E-state index in [-0.39, 0.29) is 11.8 Å². The molecule has 1 heterocycles. The Bertz CT molecular complexity index is 614. The Labute approximate surface area is 117 Å². The molecule has 19 heavy (non-hydrogen) atoms. The molecule has 2 aromatic rings. The van der Waals surface area contributed by atoms with Gasteiger partial charge in [0, 0.05) is 17.3 Å². The van der Waals surface area contributed by atoms with Gasteiger partial charge >= 0.3 is 0 Å². The molecule has 0 spiro atoms. The molecular weight excluding hydrogens is 260 g/mol. The summed E-state index contributed by atoms with van der Waals surface area (Å²) in [6.07, 6.45) is 6.57. The molecule has 0 aliphatic heterocycles. The van der Waals surface area contributed by atoms with E-state index >= 15 is 0 Å². The average Bonchev–Trinajstić information content (AvgIpc) is 2.87. The van der Waals surface area contributed by atoms with E-state index in [0.29, 0.717) is 10.6 Å². The predicted octanol–water partition coefficient (Wildman–Crippen LogP) is 4.01. The maximum absolute atomic E-state index is 12.0. The van der Waals surface area contributed by atoms with Crippen LogP contribution in [0.25, 0.3) is 6.08 Å². The second-order valence-corrected chi connectivity index (χ2v) is 4.93. The fourth-order valence-corrected chi connectivity index (χ4v) is 1.82. The molecule has 0 fully saturated rings.